The van der Waals surface area contributed by atoms with E-state index in [0.29, 0.717) is 17.3 Å². The molecule has 1 amide bonds. The second-order valence-electron chi connectivity index (χ2n) is 7.87. The van der Waals surface area contributed by atoms with Crippen molar-refractivity contribution in [3.63, 3.8) is 0 Å². The number of piperidine rings is 3. The van der Waals surface area contributed by atoms with Crippen LogP contribution in [0, 0.1) is 5.92 Å². The molecule has 4 heterocycles. The lowest BCUT2D eigenvalue weighted by Gasteiger charge is -2.44. The van der Waals surface area contributed by atoms with Crippen molar-refractivity contribution in [3.05, 3.63) is 59.9 Å². The molecule has 3 saturated heterocycles. The fourth-order valence-electron chi connectivity index (χ4n) is 4.68. The lowest BCUT2D eigenvalue weighted by atomic mass is 9.84. The number of nitrogens with one attached hydrogen (secondary N) is 1. The molecule has 3 aromatic rings. The number of carbonyl (C=O) groups excluding carboxylic acids is 1. The fourth-order valence-corrected chi connectivity index (χ4v) is 4.68. The maximum absolute atomic E-state index is 12.9. The molecule has 6 rings (SSSR count). The molecule has 3 aliphatic heterocycles. The fraction of sp³-hybridized carbons (Fsp3) is 0.348. The zero-order valence-corrected chi connectivity index (χ0v) is 17.0. The molecule has 6 heteroatoms. The molecule has 5 nitrogen and oxygen atoms in total. The minimum Gasteiger partial charge on any atom is -0.450 e. The van der Waals surface area contributed by atoms with Gasteiger partial charge in [-0.1, -0.05) is 42.5 Å². The second kappa shape index (κ2) is 8.19. The van der Waals surface area contributed by atoms with Crippen LogP contribution in [0.4, 0.5) is 0 Å². The Kier molecular flexibility index (Phi) is 5.63. The second-order valence-corrected chi connectivity index (χ2v) is 7.87. The first-order valence-electron chi connectivity index (χ1n) is 9.98. The minimum absolute atomic E-state index is 0. The van der Waals surface area contributed by atoms with Crippen LogP contribution < -0.4 is 5.32 Å². The van der Waals surface area contributed by atoms with Crippen LogP contribution in [0.5, 0.6) is 0 Å². The Labute approximate surface area is 176 Å². The number of hydrogen-bond acceptors (Lipinski definition) is 4. The van der Waals surface area contributed by atoms with E-state index >= 15 is 0 Å². The van der Waals surface area contributed by atoms with Gasteiger partial charge in [-0.05, 0) is 49.0 Å². The van der Waals surface area contributed by atoms with E-state index in [1.807, 2.05) is 48.5 Å². The van der Waals surface area contributed by atoms with Crippen LogP contribution in [-0.2, 0) is 6.61 Å². The number of nitrogens with zero attached hydrogens (tertiary/aromatic N) is 1. The van der Waals surface area contributed by atoms with Crippen LogP contribution in [0.1, 0.15) is 29.0 Å². The van der Waals surface area contributed by atoms with Crippen molar-refractivity contribution >= 4 is 29.3 Å². The van der Waals surface area contributed by atoms with Crippen LogP contribution in [0.25, 0.3) is 22.1 Å². The predicted molar refractivity (Wildman–Crippen MR) is 115 cm³/mol. The quantitative estimate of drug-likeness (QED) is 0.683. The smallest absolute Gasteiger partial charge is 0.287 e. The van der Waals surface area contributed by atoms with Crippen LogP contribution in [0.3, 0.4) is 0 Å². The summed E-state index contributed by atoms with van der Waals surface area (Å²) < 4.78 is 6.03. The normalized spacial score (nSPS) is 23.0. The number of aliphatic hydroxyl groups is 1. The van der Waals surface area contributed by atoms with Gasteiger partial charge in [0.05, 0.1) is 6.61 Å². The van der Waals surface area contributed by atoms with Gasteiger partial charge < -0.3 is 19.7 Å². The number of halogens is 1. The van der Waals surface area contributed by atoms with E-state index in [1.54, 1.807) is 0 Å². The van der Waals surface area contributed by atoms with Crippen LogP contribution >= 0.6 is 12.4 Å². The molecule has 1 aromatic heterocycles. The van der Waals surface area contributed by atoms with Gasteiger partial charge in [0.25, 0.3) is 5.91 Å². The van der Waals surface area contributed by atoms with E-state index in [1.165, 1.54) is 0 Å². The van der Waals surface area contributed by atoms with E-state index in [4.69, 9.17) is 4.42 Å². The highest BCUT2D eigenvalue weighted by atomic mass is 35.5. The molecule has 3 fully saturated rings. The lowest BCUT2D eigenvalue weighted by Crippen LogP contribution is -2.57. The third-order valence-corrected chi connectivity index (χ3v) is 6.22. The van der Waals surface area contributed by atoms with Crippen LogP contribution in [0.2, 0.25) is 0 Å². The van der Waals surface area contributed by atoms with Crippen LogP contribution in [-0.4, -0.2) is 41.6 Å². The standard InChI is InChI=1S/C23H24N2O3.ClH/c26-14-17-4-1-2-6-18(17)19-7-3-5-16-12-21(28-22(16)19)23(27)24-20-13-25-10-8-15(20)9-11-25;/h1-7,12,15,20,26H,8-11,13-14H2,(H,24,27);1H/t20-;/m0./s1. The maximum atomic E-state index is 12.9. The molecular weight excluding hydrogens is 388 g/mol. The Hall–Kier alpha value is -2.34. The summed E-state index contributed by atoms with van der Waals surface area (Å²) >= 11 is 0. The van der Waals surface area contributed by atoms with Crippen molar-refractivity contribution in [2.45, 2.75) is 25.5 Å². The molecule has 0 radical (unpaired) electrons. The van der Waals surface area contributed by atoms with E-state index < -0.39 is 0 Å². The number of benzene rings is 2. The molecule has 2 bridgehead atoms. The number of carbonyl (C=O) groups is 1. The summed E-state index contributed by atoms with van der Waals surface area (Å²) in [4.78, 5) is 15.3. The Balaban J connectivity index is 0.00000205. The molecule has 2 N–H and O–H groups in total. The largest absolute Gasteiger partial charge is 0.450 e. The zero-order chi connectivity index (χ0) is 19.1. The topological polar surface area (TPSA) is 65.7 Å². The van der Waals surface area contributed by atoms with Crippen molar-refractivity contribution in [1.82, 2.24) is 10.2 Å². The van der Waals surface area contributed by atoms with Gasteiger partial charge in [-0.2, -0.15) is 0 Å². The van der Waals surface area contributed by atoms with Gasteiger partial charge >= 0.3 is 0 Å². The maximum Gasteiger partial charge on any atom is 0.287 e. The summed E-state index contributed by atoms with van der Waals surface area (Å²) in [7, 11) is 0. The number of hydrogen-bond donors (Lipinski definition) is 2. The van der Waals surface area contributed by atoms with Crippen molar-refractivity contribution in [3.8, 4) is 11.1 Å². The number of fused-ring (bicyclic) bond motifs is 4. The SMILES string of the molecule is Cl.O=C(N[C@H]1CN2CCC1CC2)c1cc2cccc(-c3ccccc3CO)c2o1. The molecule has 152 valence electrons. The third kappa shape index (κ3) is 3.66. The molecule has 0 aliphatic carbocycles. The summed E-state index contributed by atoms with van der Waals surface area (Å²) in [5.41, 5.74) is 3.34. The Morgan fingerprint density at radius 2 is 1.86 bits per heavy atom. The highest BCUT2D eigenvalue weighted by Crippen LogP contribution is 2.33. The van der Waals surface area contributed by atoms with E-state index in [2.05, 4.69) is 10.2 Å². The van der Waals surface area contributed by atoms with E-state index in [0.717, 1.165) is 54.6 Å². The number of amides is 1. The van der Waals surface area contributed by atoms with E-state index in [-0.39, 0.29) is 31.0 Å². The van der Waals surface area contributed by atoms with Gasteiger partial charge in [-0.15, -0.1) is 12.4 Å². The zero-order valence-electron chi connectivity index (χ0n) is 16.1. The summed E-state index contributed by atoms with van der Waals surface area (Å²) in [6, 6.07) is 15.6. The summed E-state index contributed by atoms with van der Waals surface area (Å²) in [5.74, 6) is 0.780. The first-order valence-corrected chi connectivity index (χ1v) is 9.98. The van der Waals surface area contributed by atoms with Crippen LogP contribution in [0.15, 0.2) is 52.9 Å². The molecule has 2 aromatic carbocycles. The van der Waals surface area contributed by atoms with Crippen molar-refractivity contribution in [2.75, 3.05) is 19.6 Å². The molecule has 0 unspecified atom stereocenters. The minimum atomic E-state index is -0.142. The number of rotatable bonds is 4. The number of furan rings is 1. The predicted octanol–water partition coefficient (Wildman–Crippen LogP) is 3.84. The average molecular weight is 413 g/mol. The first-order chi connectivity index (χ1) is 13.7. The monoisotopic (exact) mass is 412 g/mol. The molecule has 29 heavy (non-hydrogen) atoms. The van der Waals surface area contributed by atoms with Gasteiger partial charge in [0.1, 0.15) is 5.58 Å². The van der Waals surface area contributed by atoms with Crippen molar-refractivity contribution < 1.29 is 14.3 Å². The number of para-hydroxylation sites is 1. The lowest BCUT2D eigenvalue weighted by molar-refractivity contribution is 0.0607. The average Bonchev–Trinajstić information content (AvgIpc) is 3.19. The van der Waals surface area contributed by atoms with Gasteiger partial charge in [0.15, 0.2) is 5.76 Å². The Bertz CT molecular complexity index is 1020. The van der Waals surface area contributed by atoms with Gasteiger partial charge in [0, 0.05) is 23.5 Å². The highest BCUT2D eigenvalue weighted by Gasteiger charge is 2.35. The molecule has 0 saturated carbocycles. The molecule has 0 spiro atoms. The summed E-state index contributed by atoms with van der Waals surface area (Å²) in [6.07, 6.45) is 2.32. The number of aliphatic hydroxyl groups excluding tert-OH is 1. The van der Waals surface area contributed by atoms with Crippen molar-refractivity contribution in [1.29, 1.82) is 0 Å². The summed E-state index contributed by atoms with van der Waals surface area (Å²) in [6.45, 7) is 3.19. The van der Waals surface area contributed by atoms with Gasteiger partial charge in [0.2, 0.25) is 0 Å². The molecule has 1 atom stereocenters. The first kappa shape index (κ1) is 20.0. The third-order valence-electron chi connectivity index (χ3n) is 6.22. The van der Waals surface area contributed by atoms with Gasteiger partial charge in [-0.25, -0.2) is 0 Å². The summed E-state index contributed by atoms with van der Waals surface area (Å²) in [5, 5.41) is 13.8. The Morgan fingerprint density at radius 1 is 1.10 bits per heavy atom. The Morgan fingerprint density at radius 3 is 2.59 bits per heavy atom. The molecular formula is C23H25ClN2O3. The van der Waals surface area contributed by atoms with E-state index in [9.17, 15) is 9.90 Å². The molecule has 3 aliphatic rings. The van der Waals surface area contributed by atoms with Crippen molar-refractivity contribution in [2.24, 2.45) is 5.92 Å². The van der Waals surface area contributed by atoms with Gasteiger partial charge in [-0.3, -0.25) is 4.79 Å². The highest BCUT2D eigenvalue weighted by molar-refractivity contribution is 6.00.